The van der Waals surface area contributed by atoms with Crippen molar-refractivity contribution >= 4 is 11.6 Å². The zero-order valence-corrected chi connectivity index (χ0v) is 11.7. The first kappa shape index (κ1) is 12.5. The molecule has 3 rings (SSSR count). The molecule has 0 spiro atoms. The number of anilines is 1. The highest BCUT2D eigenvalue weighted by Gasteiger charge is 2.22. The standard InChI is InChI=1S/C16H22N2O/c1-13-6-7-15-14(12-13)4-2-8-17(15)10-11-18-9-3-5-16(18)19/h6-7,12H,2-5,8-11H2,1H3. The average molecular weight is 258 g/mol. The predicted octanol–water partition coefficient (Wildman–Crippen LogP) is 2.37. The summed E-state index contributed by atoms with van der Waals surface area (Å²) in [5, 5.41) is 0. The summed E-state index contributed by atoms with van der Waals surface area (Å²) in [5.74, 6) is 0.334. The van der Waals surface area contributed by atoms with Gasteiger partial charge in [0.2, 0.25) is 5.91 Å². The number of benzene rings is 1. The fourth-order valence-electron chi connectivity index (χ4n) is 3.22. The number of hydrogen-bond donors (Lipinski definition) is 0. The second-order valence-electron chi connectivity index (χ2n) is 5.71. The Hall–Kier alpha value is -1.51. The van der Waals surface area contributed by atoms with E-state index in [0.717, 1.165) is 39.0 Å². The molecule has 0 aliphatic carbocycles. The van der Waals surface area contributed by atoms with Gasteiger partial charge in [0.1, 0.15) is 0 Å². The Kier molecular flexibility index (Phi) is 3.45. The zero-order valence-electron chi connectivity index (χ0n) is 11.7. The maximum atomic E-state index is 11.6. The molecule has 2 aliphatic rings. The first-order chi connectivity index (χ1) is 9.24. The Balaban J connectivity index is 1.68. The molecule has 1 aromatic rings. The first-order valence-electron chi connectivity index (χ1n) is 7.36. The van der Waals surface area contributed by atoms with Gasteiger partial charge >= 0.3 is 0 Å². The van der Waals surface area contributed by atoms with Crippen LogP contribution in [0.2, 0.25) is 0 Å². The molecule has 0 N–H and O–H groups in total. The van der Waals surface area contributed by atoms with E-state index in [1.807, 2.05) is 4.90 Å². The van der Waals surface area contributed by atoms with Gasteiger partial charge < -0.3 is 9.80 Å². The summed E-state index contributed by atoms with van der Waals surface area (Å²) in [6, 6.07) is 6.75. The molecular formula is C16H22N2O. The number of amides is 1. The minimum absolute atomic E-state index is 0.334. The van der Waals surface area contributed by atoms with E-state index in [1.165, 1.54) is 29.7 Å². The summed E-state index contributed by atoms with van der Waals surface area (Å²) in [4.78, 5) is 16.1. The van der Waals surface area contributed by atoms with Crippen LogP contribution in [0.5, 0.6) is 0 Å². The molecule has 1 amide bonds. The van der Waals surface area contributed by atoms with Gasteiger partial charge in [-0.3, -0.25) is 4.79 Å². The second kappa shape index (κ2) is 5.24. The third kappa shape index (κ3) is 2.60. The van der Waals surface area contributed by atoms with Gasteiger partial charge in [-0.05, 0) is 37.8 Å². The lowest BCUT2D eigenvalue weighted by molar-refractivity contribution is -0.127. The van der Waals surface area contributed by atoms with Gasteiger partial charge in [-0.15, -0.1) is 0 Å². The lowest BCUT2D eigenvalue weighted by Gasteiger charge is -2.33. The molecule has 2 aliphatic heterocycles. The smallest absolute Gasteiger partial charge is 0.222 e. The number of carbonyl (C=O) groups excluding carboxylic acids is 1. The van der Waals surface area contributed by atoms with Crippen LogP contribution in [0.25, 0.3) is 0 Å². The van der Waals surface area contributed by atoms with Crippen molar-refractivity contribution in [2.75, 3.05) is 31.1 Å². The van der Waals surface area contributed by atoms with Crippen molar-refractivity contribution in [1.82, 2.24) is 4.90 Å². The molecule has 19 heavy (non-hydrogen) atoms. The van der Waals surface area contributed by atoms with Crippen LogP contribution in [0.15, 0.2) is 18.2 Å². The van der Waals surface area contributed by atoms with Crippen LogP contribution in [0.3, 0.4) is 0 Å². The third-order valence-corrected chi connectivity index (χ3v) is 4.26. The highest BCUT2D eigenvalue weighted by Crippen LogP contribution is 2.27. The topological polar surface area (TPSA) is 23.6 Å². The Bertz CT molecular complexity index is 484. The molecular weight excluding hydrogens is 236 g/mol. The molecule has 0 radical (unpaired) electrons. The van der Waals surface area contributed by atoms with Crippen LogP contribution in [0, 0.1) is 6.92 Å². The van der Waals surface area contributed by atoms with Crippen molar-refractivity contribution < 1.29 is 4.79 Å². The van der Waals surface area contributed by atoms with Gasteiger partial charge in [-0.2, -0.15) is 0 Å². The number of fused-ring (bicyclic) bond motifs is 1. The Morgan fingerprint density at radius 3 is 2.58 bits per heavy atom. The Morgan fingerprint density at radius 2 is 1.79 bits per heavy atom. The van der Waals surface area contributed by atoms with E-state index < -0.39 is 0 Å². The maximum Gasteiger partial charge on any atom is 0.222 e. The van der Waals surface area contributed by atoms with Gasteiger partial charge in [0, 0.05) is 38.3 Å². The molecule has 0 bridgehead atoms. The predicted molar refractivity (Wildman–Crippen MR) is 77.5 cm³/mol. The van der Waals surface area contributed by atoms with Crippen LogP contribution in [0.1, 0.15) is 30.4 Å². The molecule has 0 aromatic heterocycles. The molecule has 0 atom stereocenters. The molecule has 1 aromatic carbocycles. The summed E-state index contributed by atoms with van der Waals surface area (Å²) < 4.78 is 0. The van der Waals surface area contributed by atoms with E-state index in [2.05, 4.69) is 30.0 Å². The zero-order chi connectivity index (χ0) is 13.2. The fourth-order valence-corrected chi connectivity index (χ4v) is 3.22. The quantitative estimate of drug-likeness (QED) is 0.831. The van der Waals surface area contributed by atoms with Crippen LogP contribution < -0.4 is 4.90 Å². The fraction of sp³-hybridized carbons (Fsp3) is 0.562. The number of rotatable bonds is 3. The van der Waals surface area contributed by atoms with E-state index in [0.29, 0.717) is 5.91 Å². The molecule has 1 fully saturated rings. The van der Waals surface area contributed by atoms with Gasteiger partial charge in [0.25, 0.3) is 0 Å². The minimum Gasteiger partial charge on any atom is -0.370 e. The largest absolute Gasteiger partial charge is 0.370 e. The van der Waals surface area contributed by atoms with Crippen molar-refractivity contribution in [2.45, 2.75) is 32.6 Å². The summed E-state index contributed by atoms with van der Waals surface area (Å²) in [6.07, 6.45) is 4.20. The molecule has 0 saturated carbocycles. The summed E-state index contributed by atoms with van der Waals surface area (Å²) >= 11 is 0. The summed E-state index contributed by atoms with van der Waals surface area (Å²) in [6.45, 7) is 6.08. The highest BCUT2D eigenvalue weighted by molar-refractivity contribution is 5.78. The van der Waals surface area contributed by atoms with Crippen LogP contribution in [0.4, 0.5) is 5.69 Å². The van der Waals surface area contributed by atoms with Crippen molar-refractivity contribution in [3.63, 3.8) is 0 Å². The van der Waals surface area contributed by atoms with Crippen LogP contribution in [-0.2, 0) is 11.2 Å². The first-order valence-corrected chi connectivity index (χ1v) is 7.36. The van der Waals surface area contributed by atoms with Gasteiger partial charge in [-0.25, -0.2) is 0 Å². The Morgan fingerprint density at radius 1 is 1.05 bits per heavy atom. The monoisotopic (exact) mass is 258 g/mol. The second-order valence-corrected chi connectivity index (χ2v) is 5.71. The molecule has 3 nitrogen and oxygen atoms in total. The van der Waals surface area contributed by atoms with Crippen molar-refractivity contribution in [3.8, 4) is 0 Å². The van der Waals surface area contributed by atoms with E-state index in [4.69, 9.17) is 0 Å². The normalized spacial score (nSPS) is 18.9. The van der Waals surface area contributed by atoms with E-state index in [9.17, 15) is 4.79 Å². The van der Waals surface area contributed by atoms with Gasteiger partial charge in [-0.1, -0.05) is 17.7 Å². The van der Waals surface area contributed by atoms with Crippen LogP contribution >= 0.6 is 0 Å². The van der Waals surface area contributed by atoms with Crippen molar-refractivity contribution in [1.29, 1.82) is 0 Å². The number of nitrogens with zero attached hydrogens (tertiary/aromatic N) is 2. The SMILES string of the molecule is Cc1ccc2c(c1)CCCN2CCN1CCCC1=O. The van der Waals surface area contributed by atoms with E-state index >= 15 is 0 Å². The van der Waals surface area contributed by atoms with Crippen molar-refractivity contribution in [2.24, 2.45) is 0 Å². The van der Waals surface area contributed by atoms with Crippen LogP contribution in [-0.4, -0.2) is 37.0 Å². The lowest BCUT2D eigenvalue weighted by Crippen LogP contribution is -2.38. The van der Waals surface area contributed by atoms with E-state index in [1.54, 1.807) is 0 Å². The van der Waals surface area contributed by atoms with E-state index in [-0.39, 0.29) is 0 Å². The average Bonchev–Trinajstić information content (AvgIpc) is 2.81. The number of likely N-dealkylation sites (tertiary alicyclic amines) is 1. The molecule has 0 unspecified atom stereocenters. The van der Waals surface area contributed by atoms with Gasteiger partial charge in [0.15, 0.2) is 0 Å². The third-order valence-electron chi connectivity index (χ3n) is 4.26. The maximum absolute atomic E-state index is 11.6. The van der Waals surface area contributed by atoms with Crippen molar-refractivity contribution in [3.05, 3.63) is 29.3 Å². The number of aryl methyl sites for hydroxylation is 2. The summed E-state index contributed by atoms with van der Waals surface area (Å²) in [5.41, 5.74) is 4.19. The minimum atomic E-state index is 0.334. The molecule has 1 saturated heterocycles. The number of hydrogen-bond acceptors (Lipinski definition) is 2. The molecule has 3 heteroatoms. The lowest BCUT2D eigenvalue weighted by atomic mass is 9.99. The molecule has 2 heterocycles. The molecule has 102 valence electrons. The number of carbonyl (C=O) groups is 1. The van der Waals surface area contributed by atoms with Gasteiger partial charge in [0.05, 0.1) is 0 Å². The highest BCUT2D eigenvalue weighted by atomic mass is 16.2. The Labute approximate surface area is 115 Å². The summed E-state index contributed by atoms with van der Waals surface area (Å²) in [7, 11) is 0.